The number of benzene rings is 1. The number of carbonyl (C=O) groups is 1. The molecule has 0 aliphatic carbocycles. The zero-order valence-electron chi connectivity index (χ0n) is 18.4. The molecular weight excluding hydrogens is 617 g/mol. The molecule has 0 radical (unpaired) electrons. The van der Waals surface area contributed by atoms with Crippen molar-refractivity contribution < 1.29 is 88.9 Å². The fourth-order valence-electron chi connectivity index (χ4n) is 2.60. The molecule has 0 saturated heterocycles. The van der Waals surface area contributed by atoms with Crippen molar-refractivity contribution in [2.75, 3.05) is 5.32 Å². The lowest BCUT2D eigenvalue weighted by Crippen LogP contribution is -2.68. The van der Waals surface area contributed by atoms with Gasteiger partial charge in [0.05, 0.1) is 11.0 Å². The maximum Gasteiger partial charge on any atom is 0.462 e. The molecule has 2 atom stereocenters. The first-order valence-corrected chi connectivity index (χ1v) is 9.40. The summed E-state index contributed by atoms with van der Waals surface area (Å²) in [5.74, 6) is -27.6. The van der Waals surface area contributed by atoms with Crippen molar-refractivity contribution in [1.29, 1.82) is 0 Å². The van der Waals surface area contributed by atoms with Gasteiger partial charge in [0, 0.05) is 7.05 Å². The van der Waals surface area contributed by atoms with Gasteiger partial charge in [-0.2, -0.15) is 74.6 Å². The predicted molar refractivity (Wildman–Crippen MR) is 92.2 cm³/mol. The second-order valence-electron chi connectivity index (χ2n) is 7.43. The number of nitrogens with one attached hydrogen (secondary N) is 1. The average Bonchev–Trinajstić information content (AvgIpc) is 3.05. The minimum absolute atomic E-state index is 0.0541. The number of hydrogen-bond donors (Lipinski definition) is 1. The number of amides is 1. The number of para-hydroxylation sites is 2. The fraction of sp³-hybridized carbons (Fsp3) is 0.529. The van der Waals surface area contributed by atoms with E-state index in [1.165, 1.54) is 22.9 Å². The molecule has 0 saturated carbocycles. The molecule has 1 heterocycles. The van der Waals surface area contributed by atoms with E-state index < -0.39 is 60.2 Å². The summed E-state index contributed by atoms with van der Waals surface area (Å²) in [6.07, 6.45) is -38.7. The fourth-order valence-corrected chi connectivity index (χ4v) is 2.60. The molecule has 1 amide bonds. The number of imidazole rings is 1. The Morgan fingerprint density at radius 3 is 1.65 bits per heavy atom. The van der Waals surface area contributed by atoms with Crippen molar-refractivity contribution in [3.05, 3.63) is 24.3 Å². The molecule has 0 spiro atoms. The van der Waals surface area contributed by atoms with Crippen molar-refractivity contribution in [2.24, 2.45) is 7.05 Å². The normalized spacial score (nSPS) is 17.4. The molecule has 0 aliphatic heterocycles. The molecule has 2 aromatic rings. The molecule has 0 unspecified atom stereocenters. The smallest absolute Gasteiger partial charge is 0.313 e. The third kappa shape index (κ3) is 5.31. The van der Waals surface area contributed by atoms with Crippen LogP contribution in [0.5, 0.6) is 0 Å². The van der Waals surface area contributed by atoms with Gasteiger partial charge in [0.15, 0.2) is 0 Å². The van der Waals surface area contributed by atoms with Crippen LogP contribution in [0.2, 0.25) is 0 Å². The number of alkyl halides is 17. The van der Waals surface area contributed by atoms with Crippen molar-refractivity contribution in [3.63, 3.8) is 0 Å². The summed E-state index contributed by atoms with van der Waals surface area (Å²) in [5, 5.41) is 0.850. The van der Waals surface area contributed by atoms with Crippen LogP contribution in [0.15, 0.2) is 24.3 Å². The van der Waals surface area contributed by atoms with Crippen LogP contribution in [0.3, 0.4) is 0 Å². The van der Waals surface area contributed by atoms with Gasteiger partial charge < -0.3 is 4.57 Å². The second-order valence-corrected chi connectivity index (χ2v) is 7.43. The van der Waals surface area contributed by atoms with Gasteiger partial charge in [-0.3, -0.25) is 19.6 Å². The lowest BCUT2D eigenvalue weighted by Gasteiger charge is -2.40. The van der Waals surface area contributed by atoms with E-state index in [-0.39, 0.29) is 11.0 Å². The lowest BCUT2D eigenvalue weighted by molar-refractivity contribution is -0.548. The number of rotatable bonds is 8. The Hall–Kier alpha value is -3.11. The number of anilines is 1. The topological polar surface area (TPSA) is 65.4 Å². The SMILES string of the molecule is Cn1c(NC(=O)[C@](F)(OC(F)(F)[C@](F)(OC(F)(F)C(F)(F)C(F)(F)F)C(F)(F)F)C(F)(F)F)nc2ccccc21. The minimum atomic E-state index is -8.08. The first kappa shape index (κ1) is 33.1. The van der Waals surface area contributed by atoms with E-state index in [0.717, 1.165) is 18.4 Å². The highest BCUT2D eigenvalue weighted by Crippen LogP contribution is 2.56. The zero-order chi connectivity index (χ0) is 31.5. The first-order valence-electron chi connectivity index (χ1n) is 9.40. The Morgan fingerprint density at radius 1 is 0.725 bits per heavy atom. The largest absolute Gasteiger partial charge is 0.462 e. The monoisotopic (exact) mass is 625 g/mol. The summed E-state index contributed by atoms with van der Waals surface area (Å²) in [5.41, 5.74) is -0.231. The highest BCUT2D eigenvalue weighted by Gasteiger charge is 2.85. The van der Waals surface area contributed by atoms with Crippen LogP contribution in [-0.2, 0) is 21.3 Å². The van der Waals surface area contributed by atoms with Crippen LogP contribution < -0.4 is 5.32 Å². The van der Waals surface area contributed by atoms with Crippen LogP contribution >= 0.6 is 0 Å². The Morgan fingerprint density at radius 2 is 1.23 bits per heavy atom. The maximum absolute atomic E-state index is 14.7. The molecule has 1 aromatic heterocycles. The molecule has 23 heteroatoms. The minimum Gasteiger partial charge on any atom is -0.313 e. The van der Waals surface area contributed by atoms with Crippen molar-refractivity contribution >= 4 is 22.9 Å². The van der Waals surface area contributed by atoms with Crippen LogP contribution in [0.1, 0.15) is 0 Å². The molecule has 1 aromatic carbocycles. The molecule has 6 nitrogen and oxygen atoms in total. The summed E-state index contributed by atoms with van der Waals surface area (Å²) in [4.78, 5) is 15.4. The van der Waals surface area contributed by atoms with Gasteiger partial charge in [-0.15, -0.1) is 0 Å². The number of fused-ring (bicyclic) bond motifs is 1. The number of aromatic nitrogens is 2. The van der Waals surface area contributed by atoms with Crippen molar-refractivity contribution in [2.45, 2.75) is 48.4 Å². The molecule has 1 N–H and O–H groups in total. The van der Waals surface area contributed by atoms with E-state index in [2.05, 4.69) is 4.98 Å². The lowest BCUT2D eigenvalue weighted by atomic mass is 10.2. The Balaban J connectivity index is 2.60. The number of halogens is 17. The highest BCUT2D eigenvalue weighted by molar-refractivity contribution is 5.97. The van der Waals surface area contributed by atoms with Gasteiger partial charge in [0.2, 0.25) is 5.95 Å². The number of aryl methyl sites for hydroxylation is 1. The number of hydrogen-bond acceptors (Lipinski definition) is 4. The summed E-state index contributed by atoms with van der Waals surface area (Å²) in [6, 6.07) is 4.83. The molecule has 0 bridgehead atoms. The van der Waals surface area contributed by atoms with E-state index >= 15 is 0 Å². The quantitative estimate of drug-likeness (QED) is 0.346. The Kier molecular flexibility index (Phi) is 7.84. The summed E-state index contributed by atoms with van der Waals surface area (Å²) >= 11 is 0. The Labute approximate surface area is 207 Å². The Bertz CT molecular complexity index is 1250. The van der Waals surface area contributed by atoms with Gasteiger partial charge in [-0.1, -0.05) is 12.1 Å². The van der Waals surface area contributed by atoms with Gasteiger partial charge in [-0.25, -0.2) is 4.98 Å². The number of carbonyl (C=O) groups excluding carboxylic acids is 1. The van der Waals surface area contributed by atoms with Crippen LogP contribution in [0.25, 0.3) is 11.0 Å². The number of nitrogens with zero attached hydrogens (tertiary/aromatic N) is 2. The van der Waals surface area contributed by atoms with E-state index in [0.29, 0.717) is 4.57 Å². The molecule has 40 heavy (non-hydrogen) atoms. The zero-order valence-corrected chi connectivity index (χ0v) is 18.4. The summed E-state index contributed by atoms with van der Waals surface area (Å²) < 4.78 is 229. The standard InChI is InChI=1S/C17H8F17N3O3/c1-37-7-5-3-2-4-6(7)35-9(37)36-8(38)10(18,13(22,23)24)39-17(33,34)12(21,15(28,29)30)40-16(31,32)11(19,20)14(25,26)27/h2-5H,1H3,(H,35,36,38)/t10-,12+/m0/s1. The van der Waals surface area contributed by atoms with Gasteiger partial charge in [0.25, 0.3) is 0 Å². The van der Waals surface area contributed by atoms with Crippen molar-refractivity contribution in [1.82, 2.24) is 9.55 Å². The highest BCUT2D eigenvalue weighted by atomic mass is 19.4. The maximum atomic E-state index is 14.7. The molecular formula is C17H8F17N3O3. The van der Waals surface area contributed by atoms with Crippen molar-refractivity contribution in [3.8, 4) is 0 Å². The second kappa shape index (κ2) is 9.48. The average molecular weight is 625 g/mol. The van der Waals surface area contributed by atoms with Crippen LogP contribution in [0, 0.1) is 0 Å². The first-order chi connectivity index (χ1) is 17.6. The summed E-state index contributed by atoms with van der Waals surface area (Å²) in [6.45, 7) is 0. The van der Waals surface area contributed by atoms with E-state index in [4.69, 9.17) is 0 Å². The third-order valence-corrected chi connectivity index (χ3v) is 4.67. The third-order valence-electron chi connectivity index (χ3n) is 4.67. The molecule has 0 aliphatic rings. The van der Waals surface area contributed by atoms with E-state index in [1.807, 2.05) is 4.74 Å². The van der Waals surface area contributed by atoms with E-state index in [1.54, 1.807) is 0 Å². The van der Waals surface area contributed by atoms with E-state index in [9.17, 15) is 79.4 Å². The van der Waals surface area contributed by atoms with Gasteiger partial charge in [-0.05, 0) is 12.1 Å². The summed E-state index contributed by atoms with van der Waals surface area (Å²) in [7, 11) is 0.904. The van der Waals surface area contributed by atoms with Crippen LogP contribution in [-0.4, -0.2) is 63.8 Å². The predicted octanol–water partition coefficient (Wildman–Crippen LogP) is 6.38. The number of ether oxygens (including phenoxy) is 2. The molecule has 2 rings (SSSR count). The molecule has 0 fully saturated rings. The van der Waals surface area contributed by atoms with Crippen LogP contribution in [0.4, 0.5) is 80.6 Å². The molecule has 228 valence electrons. The van der Waals surface area contributed by atoms with Gasteiger partial charge >= 0.3 is 54.3 Å². The van der Waals surface area contributed by atoms with Gasteiger partial charge in [0.1, 0.15) is 0 Å².